The molecule has 0 aliphatic heterocycles. The molecule has 1 aromatic heterocycles. The number of halogens is 1. The molecule has 0 saturated heterocycles. The van der Waals surface area contributed by atoms with Gasteiger partial charge in [-0.3, -0.25) is 0 Å². The van der Waals surface area contributed by atoms with Crippen molar-refractivity contribution in [3.63, 3.8) is 0 Å². The summed E-state index contributed by atoms with van der Waals surface area (Å²) in [6.45, 7) is -0.193. The standard InChI is InChI=1S/C10H11FN2O/c11-7-2-1-3-9-10(7)6(4-13-9)8(12)5-14/h1-4,8,13-14H,5,12H2/t8-/m1/s1. The fourth-order valence-corrected chi connectivity index (χ4v) is 1.56. The number of fused-ring (bicyclic) bond motifs is 1. The lowest BCUT2D eigenvalue weighted by Crippen LogP contribution is -2.14. The molecule has 74 valence electrons. The minimum absolute atomic E-state index is 0.193. The number of aromatic nitrogens is 1. The molecule has 4 N–H and O–H groups in total. The molecule has 0 fully saturated rings. The highest BCUT2D eigenvalue weighted by molar-refractivity contribution is 5.84. The second-order valence-electron chi connectivity index (χ2n) is 3.20. The Labute approximate surface area is 80.4 Å². The van der Waals surface area contributed by atoms with Crippen LogP contribution in [0.5, 0.6) is 0 Å². The maximum atomic E-state index is 13.4. The lowest BCUT2D eigenvalue weighted by atomic mass is 10.1. The van der Waals surface area contributed by atoms with Crippen LogP contribution >= 0.6 is 0 Å². The minimum atomic E-state index is -0.541. The van der Waals surface area contributed by atoms with Gasteiger partial charge in [0, 0.05) is 17.1 Å². The normalized spacial score (nSPS) is 13.4. The molecule has 0 aliphatic carbocycles. The Balaban J connectivity index is 2.67. The van der Waals surface area contributed by atoms with Crippen LogP contribution in [0.1, 0.15) is 11.6 Å². The van der Waals surface area contributed by atoms with Gasteiger partial charge in [-0.15, -0.1) is 0 Å². The van der Waals surface area contributed by atoms with Crippen molar-refractivity contribution < 1.29 is 9.50 Å². The molecule has 1 heterocycles. The first-order valence-electron chi connectivity index (χ1n) is 4.36. The Kier molecular flexibility index (Phi) is 2.23. The molecule has 2 aromatic rings. The van der Waals surface area contributed by atoms with Crippen molar-refractivity contribution in [3.05, 3.63) is 35.8 Å². The van der Waals surface area contributed by atoms with Gasteiger partial charge in [0.1, 0.15) is 5.82 Å². The number of aliphatic hydroxyl groups is 1. The molecule has 2 rings (SSSR count). The van der Waals surface area contributed by atoms with Crippen LogP contribution in [-0.2, 0) is 0 Å². The molecule has 0 bridgehead atoms. The van der Waals surface area contributed by atoms with Crippen molar-refractivity contribution >= 4 is 10.9 Å². The topological polar surface area (TPSA) is 62.0 Å². The number of benzene rings is 1. The number of rotatable bonds is 2. The average Bonchev–Trinajstić information content (AvgIpc) is 2.62. The monoisotopic (exact) mass is 194 g/mol. The summed E-state index contributed by atoms with van der Waals surface area (Å²) in [4.78, 5) is 2.91. The summed E-state index contributed by atoms with van der Waals surface area (Å²) in [6, 6.07) is 4.23. The van der Waals surface area contributed by atoms with E-state index in [1.165, 1.54) is 6.07 Å². The summed E-state index contributed by atoms with van der Waals surface area (Å²) in [5, 5.41) is 9.36. The maximum Gasteiger partial charge on any atom is 0.132 e. The number of aliphatic hydroxyl groups excluding tert-OH is 1. The molecule has 3 nitrogen and oxygen atoms in total. The second-order valence-corrected chi connectivity index (χ2v) is 3.20. The molecule has 0 spiro atoms. The average molecular weight is 194 g/mol. The Morgan fingerprint density at radius 2 is 2.29 bits per heavy atom. The van der Waals surface area contributed by atoms with Crippen LogP contribution in [-0.4, -0.2) is 16.7 Å². The first-order chi connectivity index (χ1) is 6.74. The van der Waals surface area contributed by atoms with Crippen LogP contribution in [0.15, 0.2) is 24.4 Å². The zero-order valence-electron chi connectivity index (χ0n) is 7.50. The van der Waals surface area contributed by atoms with Crippen LogP contribution in [0, 0.1) is 5.82 Å². The van der Waals surface area contributed by atoms with Crippen molar-refractivity contribution in [1.82, 2.24) is 4.98 Å². The number of aromatic amines is 1. The predicted octanol–water partition coefficient (Wildman–Crippen LogP) is 1.30. The highest BCUT2D eigenvalue weighted by Gasteiger charge is 2.13. The molecular formula is C10H11FN2O. The lowest BCUT2D eigenvalue weighted by molar-refractivity contribution is 0.268. The van der Waals surface area contributed by atoms with E-state index in [-0.39, 0.29) is 12.4 Å². The van der Waals surface area contributed by atoms with Crippen LogP contribution in [0.25, 0.3) is 10.9 Å². The van der Waals surface area contributed by atoms with E-state index < -0.39 is 6.04 Å². The maximum absolute atomic E-state index is 13.4. The van der Waals surface area contributed by atoms with Crippen molar-refractivity contribution in [2.45, 2.75) is 6.04 Å². The molecular weight excluding hydrogens is 183 g/mol. The van der Waals surface area contributed by atoms with E-state index in [1.807, 2.05) is 0 Å². The van der Waals surface area contributed by atoms with Gasteiger partial charge in [0.15, 0.2) is 0 Å². The molecule has 1 aromatic carbocycles. The quantitative estimate of drug-likeness (QED) is 0.674. The van der Waals surface area contributed by atoms with Gasteiger partial charge in [-0.2, -0.15) is 0 Å². The number of nitrogens with two attached hydrogens (primary N) is 1. The Morgan fingerprint density at radius 1 is 1.50 bits per heavy atom. The fraction of sp³-hybridized carbons (Fsp3) is 0.200. The summed E-state index contributed by atoms with van der Waals surface area (Å²) in [7, 11) is 0. The van der Waals surface area contributed by atoms with Crippen molar-refractivity contribution in [3.8, 4) is 0 Å². The molecule has 0 aliphatic rings. The molecule has 0 unspecified atom stereocenters. The zero-order chi connectivity index (χ0) is 10.1. The Morgan fingerprint density at radius 3 is 3.00 bits per heavy atom. The largest absolute Gasteiger partial charge is 0.394 e. The molecule has 1 atom stereocenters. The van der Waals surface area contributed by atoms with E-state index in [0.29, 0.717) is 16.5 Å². The first kappa shape index (κ1) is 9.18. The van der Waals surface area contributed by atoms with Gasteiger partial charge in [0.2, 0.25) is 0 Å². The van der Waals surface area contributed by atoms with E-state index >= 15 is 0 Å². The number of H-pyrrole nitrogens is 1. The second kappa shape index (κ2) is 3.40. The van der Waals surface area contributed by atoms with Crippen LogP contribution in [0.2, 0.25) is 0 Å². The third-order valence-electron chi connectivity index (χ3n) is 2.28. The number of hydrogen-bond donors (Lipinski definition) is 3. The Hall–Kier alpha value is -1.39. The third kappa shape index (κ3) is 1.29. The van der Waals surface area contributed by atoms with Gasteiger partial charge in [-0.1, -0.05) is 6.07 Å². The van der Waals surface area contributed by atoms with Crippen LogP contribution in [0.4, 0.5) is 4.39 Å². The van der Waals surface area contributed by atoms with Gasteiger partial charge < -0.3 is 15.8 Å². The Bertz CT molecular complexity index is 452. The number of nitrogens with one attached hydrogen (secondary N) is 1. The molecule has 4 heteroatoms. The van der Waals surface area contributed by atoms with Gasteiger partial charge in [-0.25, -0.2) is 4.39 Å². The van der Waals surface area contributed by atoms with Crippen molar-refractivity contribution in [2.24, 2.45) is 5.73 Å². The van der Waals surface area contributed by atoms with Crippen molar-refractivity contribution in [2.75, 3.05) is 6.61 Å². The summed E-state index contributed by atoms with van der Waals surface area (Å²) in [5.74, 6) is -0.317. The van der Waals surface area contributed by atoms with E-state index in [2.05, 4.69) is 4.98 Å². The molecule has 0 radical (unpaired) electrons. The smallest absolute Gasteiger partial charge is 0.132 e. The number of hydrogen-bond acceptors (Lipinski definition) is 2. The van der Waals surface area contributed by atoms with E-state index in [0.717, 1.165) is 0 Å². The fourth-order valence-electron chi connectivity index (χ4n) is 1.56. The lowest BCUT2D eigenvalue weighted by Gasteiger charge is -2.06. The zero-order valence-corrected chi connectivity index (χ0v) is 7.50. The summed E-state index contributed by atoms with van der Waals surface area (Å²) in [5.41, 5.74) is 6.95. The summed E-state index contributed by atoms with van der Waals surface area (Å²) in [6.07, 6.45) is 1.63. The SMILES string of the molecule is N[C@H](CO)c1c[nH]c2cccc(F)c12. The van der Waals surface area contributed by atoms with E-state index in [1.54, 1.807) is 18.3 Å². The first-order valence-corrected chi connectivity index (χ1v) is 4.36. The predicted molar refractivity (Wildman–Crippen MR) is 52.3 cm³/mol. The molecule has 14 heavy (non-hydrogen) atoms. The van der Waals surface area contributed by atoms with Crippen LogP contribution in [0.3, 0.4) is 0 Å². The summed E-state index contributed by atoms with van der Waals surface area (Å²) >= 11 is 0. The van der Waals surface area contributed by atoms with Gasteiger partial charge >= 0.3 is 0 Å². The van der Waals surface area contributed by atoms with Crippen LogP contribution < -0.4 is 5.73 Å². The highest BCUT2D eigenvalue weighted by Crippen LogP contribution is 2.25. The van der Waals surface area contributed by atoms with E-state index in [4.69, 9.17) is 10.8 Å². The minimum Gasteiger partial charge on any atom is -0.394 e. The van der Waals surface area contributed by atoms with Gasteiger partial charge in [-0.05, 0) is 17.7 Å². The third-order valence-corrected chi connectivity index (χ3v) is 2.28. The highest BCUT2D eigenvalue weighted by atomic mass is 19.1. The molecule has 0 amide bonds. The van der Waals surface area contributed by atoms with E-state index in [9.17, 15) is 4.39 Å². The molecule has 0 saturated carbocycles. The van der Waals surface area contributed by atoms with Gasteiger partial charge in [0.05, 0.1) is 12.6 Å². The van der Waals surface area contributed by atoms with Crippen molar-refractivity contribution in [1.29, 1.82) is 0 Å². The summed E-state index contributed by atoms with van der Waals surface area (Å²) < 4.78 is 13.4. The van der Waals surface area contributed by atoms with Gasteiger partial charge in [0.25, 0.3) is 0 Å².